The smallest absolute Gasteiger partial charge is 0.220 e. The number of carbonyl (C=O) groups excluding carboxylic acids is 2. The summed E-state index contributed by atoms with van der Waals surface area (Å²) in [7, 11) is 5.62. The lowest BCUT2D eigenvalue weighted by atomic mass is 10.0. The number of ketones is 1. The Hall–Kier alpha value is -2.66. The highest BCUT2D eigenvalue weighted by Gasteiger charge is 2.15. The molecule has 5 heteroatoms. The molecule has 0 fully saturated rings. The third-order valence-electron chi connectivity index (χ3n) is 5.11. The van der Waals surface area contributed by atoms with Gasteiger partial charge in [0.15, 0.2) is 5.78 Å². The predicted molar refractivity (Wildman–Crippen MR) is 116 cm³/mol. The van der Waals surface area contributed by atoms with Gasteiger partial charge in [0.25, 0.3) is 0 Å². The average Bonchev–Trinajstić information content (AvgIpc) is 2.74. The Bertz CT molecular complexity index is 783. The van der Waals surface area contributed by atoms with Gasteiger partial charge in [-0.25, -0.2) is 0 Å². The van der Waals surface area contributed by atoms with E-state index >= 15 is 0 Å². The Morgan fingerprint density at radius 1 is 1.00 bits per heavy atom. The maximum Gasteiger partial charge on any atom is 0.220 e. The molecule has 0 aliphatic carbocycles. The van der Waals surface area contributed by atoms with E-state index < -0.39 is 0 Å². The number of methoxy groups -OCH3 is 1. The van der Waals surface area contributed by atoms with Crippen molar-refractivity contribution < 1.29 is 14.3 Å². The van der Waals surface area contributed by atoms with Crippen molar-refractivity contribution in [3.8, 4) is 5.75 Å². The molecule has 2 rings (SSSR count). The molecule has 2 aromatic rings. The molecule has 29 heavy (non-hydrogen) atoms. The fourth-order valence-corrected chi connectivity index (χ4v) is 3.20. The van der Waals surface area contributed by atoms with Gasteiger partial charge in [0.2, 0.25) is 5.91 Å². The summed E-state index contributed by atoms with van der Waals surface area (Å²) >= 11 is 0. The summed E-state index contributed by atoms with van der Waals surface area (Å²) in [5.41, 5.74) is 3.13. The van der Waals surface area contributed by atoms with E-state index in [1.807, 2.05) is 14.1 Å². The fourth-order valence-electron chi connectivity index (χ4n) is 3.20. The number of ether oxygens (including phenoxy) is 1. The lowest BCUT2D eigenvalue weighted by Crippen LogP contribution is -2.34. The van der Waals surface area contributed by atoms with Crippen molar-refractivity contribution in [1.82, 2.24) is 10.2 Å². The predicted octanol–water partition coefficient (Wildman–Crippen LogP) is 4.03. The lowest BCUT2D eigenvalue weighted by molar-refractivity contribution is -0.121. The van der Waals surface area contributed by atoms with Gasteiger partial charge in [-0.1, -0.05) is 31.2 Å². The third kappa shape index (κ3) is 7.02. The molecule has 0 saturated carbocycles. The van der Waals surface area contributed by atoms with E-state index in [0.717, 1.165) is 12.2 Å². The van der Waals surface area contributed by atoms with Crippen LogP contribution in [0.4, 0.5) is 0 Å². The van der Waals surface area contributed by atoms with Crippen molar-refractivity contribution in [2.75, 3.05) is 27.7 Å². The number of likely N-dealkylation sites (N-methyl/N-ethyl adjacent to an activating group) is 1. The largest absolute Gasteiger partial charge is 0.497 e. The van der Waals surface area contributed by atoms with Crippen LogP contribution in [0.3, 0.4) is 0 Å². The van der Waals surface area contributed by atoms with Crippen LogP contribution in [-0.2, 0) is 11.2 Å². The average molecular weight is 397 g/mol. The van der Waals surface area contributed by atoms with Crippen LogP contribution in [0.1, 0.15) is 53.7 Å². The zero-order valence-electron chi connectivity index (χ0n) is 17.9. The van der Waals surface area contributed by atoms with Crippen LogP contribution in [0.25, 0.3) is 0 Å². The molecule has 1 amide bonds. The van der Waals surface area contributed by atoms with E-state index in [1.165, 1.54) is 11.1 Å². The maximum absolute atomic E-state index is 12.2. The van der Waals surface area contributed by atoms with Crippen molar-refractivity contribution >= 4 is 11.7 Å². The second-order valence-electron chi connectivity index (χ2n) is 7.38. The van der Waals surface area contributed by atoms with Gasteiger partial charge in [0.05, 0.1) is 13.2 Å². The zero-order chi connectivity index (χ0) is 21.2. The van der Waals surface area contributed by atoms with Gasteiger partial charge in [0.1, 0.15) is 5.75 Å². The summed E-state index contributed by atoms with van der Waals surface area (Å²) in [6, 6.07) is 15.7. The standard InChI is InChI=1S/C24H32N2O3/c1-5-18-9-11-19(12-10-18)22(26(2)3)17-25-24(28)8-6-7-23(27)20-13-15-21(29-4)16-14-20/h9-16,22H,5-8,17H2,1-4H3,(H,25,28). The molecule has 156 valence electrons. The number of nitrogens with zero attached hydrogens (tertiary/aromatic N) is 1. The number of hydrogen-bond donors (Lipinski definition) is 1. The van der Waals surface area contributed by atoms with E-state index in [0.29, 0.717) is 31.4 Å². The fraction of sp³-hybridized carbons (Fsp3) is 0.417. The molecule has 0 heterocycles. The highest BCUT2D eigenvalue weighted by Crippen LogP contribution is 2.18. The molecule has 0 saturated heterocycles. The van der Waals surface area contributed by atoms with Crippen molar-refractivity contribution in [3.05, 3.63) is 65.2 Å². The summed E-state index contributed by atoms with van der Waals surface area (Å²) in [5, 5.41) is 3.01. The second-order valence-corrected chi connectivity index (χ2v) is 7.38. The van der Waals surface area contributed by atoms with E-state index in [1.54, 1.807) is 31.4 Å². The van der Waals surface area contributed by atoms with Crippen LogP contribution in [0, 0.1) is 0 Å². The number of aryl methyl sites for hydroxylation is 1. The van der Waals surface area contributed by atoms with Gasteiger partial charge in [0, 0.05) is 24.9 Å². The highest BCUT2D eigenvalue weighted by molar-refractivity contribution is 5.96. The number of amides is 1. The van der Waals surface area contributed by atoms with Gasteiger partial charge >= 0.3 is 0 Å². The minimum absolute atomic E-state index is 0.0236. The maximum atomic E-state index is 12.2. The van der Waals surface area contributed by atoms with Gasteiger partial charge in [-0.2, -0.15) is 0 Å². The van der Waals surface area contributed by atoms with Crippen LogP contribution in [0.15, 0.2) is 48.5 Å². The molecule has 0 bridgehead atoms. The molecule has 5 nitrogen and oxygen atoms in total. The van der Waals surface area contributed by atoms with Crippen LogP contribution in [-0.4, -0.2) is 44.3 Å². The molecule has 1 unspecified atom stereocenters. The Labute approximate surface area is 174 Å². The first-order valence-electron chi connectivity index (χ1n) is 10.1. The first-order chi connectivity index (χ1) is 13.9. The van der Waals surface area contributed by atoms with E-state index in [2.05, 4.69) is 41.4 Å². The van der Waals surface area contributed by atoms with E-state index in [9.17, 15) is 9.59 Å². The third-order valence-corrected chi connectivity index (χ3v) is 5.11. The van der Waals surface area contributed by atoms with Crippen molar-refractivity contribution in [1.29, 1.82) is 0 Å². The molecule has 0 aliphatic heterocycles. The minimum atomic E-state index is -0.0236. The Balaban J connectivity index is 1.78. The summed E-state index contributed by atoms with van der Waals surface area (Å²) in [6.45, 7) is 2.68. The molecule has 0 spiro atoms. The summed E-state index contributed by atoms with van der Waals surface area (Å²) < 4.78 is 5.10. The number of hydrogen-bond acceptors (Lipinski definition) is 4. The number of benzene rings is 2. The van der Waals surface area contributed by atoms with Crippen molar-refractivity contribution in [2.24, 2.45) is 0 Å². The molecule has 0 radical (unpaired) electrons. The molecular formula is C24H32N2O3. The molecule has 2 aromatic carbocycles. The quantitative estimate of drug-likeness (QED) is 0.583. The SMILES string of the molecule is CCc1ccc(C(CNC(=O)CCCC(=O)c2ccc(OC)cc2)N(C)C)cc1. The molecule has 0 aliphatic rings. The Morgan fingerprint density at radius 2 is 1.66 bits per heavy atom. The molecule has 1 atom stereocenters. The van der Waals surface area contributed by atoms with Gasteiger partial charge in [-0.3, -0.25) is 9.59 Å². The van der Waals surface area contributed by atoms with Crippen molar-refractivity contribution in [3.63, 3.8) is 0 Å². The van der Waals surface area contributed by atoms with E-state index in [-0.39, 0.29) is 17.7 Å². The first-order valence-corrected chi connectivity index (χ1v) is 10.1. The molecule has 1 N–H and O–H groups in total. The monoisotopic (exact) mass is 396 g/mol. The van der Waals surface area contributed by atoms with Crippen molar-refractivity contribution in [2.45, 2.75) is 38.6 Å². The molecule has 0 aromatic heterocycles. The van der Waals surface area contributed by atoms with Crippen LogP contribution in [0.5, 0.6) is 5.75 Å². The number of rotatable bonds is 11. The first kappa shape index (κ1) is 22.6. The highest BCUT2D eigenvalue weighted by atomic mass is 16.5. The second kappa shape index (κ2) is 11.4. The zero-order valence-corrected chi connectivity index (χ0v) is 17.9. The number of carbonyl (C=O) groups is 2. The van der Waals surface area contributed by atoms with Crippen LogP contribution in [0.2, 0.25) is 0 Å². The van der Waals surface area contributed by atoms with Gasteiger partial charge < -0.3 is 15.0 Å². The van der Waals surface area contributed by atoms with Crippen LogP contribution < -0.4 is 10.1 Å². The number of Topliss-reactive ketones (excluding diaryl/α,β-unsaturated/α-hetero) is 1. The summed E-state index contributed by atoms with van der Waals surface area (Å²) in [6.07, 6.45) is 2.25. The summed E-state index contributed by atoms with van der Waals surface area (Å²) in [4.78, 5) is 26.6. The minimum Gasteiger partial charge on any atom is -0.497 e. The van der Waals surface area contributed by atoms with Crippen LogP contribution >= 0.6 is 0 Å². The van der Waals surface area contributed by atoms with Gasteiger partial charge in [-0.15, -0.1) is 0 Å². The number of nitrogens with one attached hydrogen (secondary N) is 1. The normalized spacial score (nSPS) is 11.9. The Kier molecular flexibility index (Phi) is 8.87. The topological polar surface area (TPSA) is 58.6 Å². The molecular weight excluding hydrogens is 364 g/mol. The Morgan fingerprint density at radius 3 is 2.21 bits per heavy atom. The summed E-state index contributed by atoms with van der Waals surface area (Å²) in [5.74, 6) is 0.743. The van der Waals surface area contributed by atoms with Gasteiger partial charge in [-0.05, 0) is 62.3 Å². The lowest BCUT2D eigenvalue weighted by Gasteiger charge is -2.25. The van der Waals surface area contributed by atoms with E-state index in [4.69, 9.17) is 4.74 Å².